The number of halogens is 1. The summed E-state index contributed by atoms with van der Waals surface area (Å²) in [4.78, 5) is 4.33. The average Bonchev–Trinajstić information content (AvgIpc) is 2.49. The van der Waals surface area contributed by atoms with Crippen molar-refractivity contribution in [3.63, 3.8) is 0 Å². The number of hydrogen-bond donors (Lipinski definition) is 2. The molecule has 0 amide bonds. The molecule has 0 aliphatic carbocycles. The van der Waals surface area contributed by atoms with E-state index in [1.165, 1.54) is 0 Å². The van der Waals surface area contributed by atoms with Crippen LogP contribution in [0.1, 0.15) is 12.0 Å². The molecular formula is C14H22IN3O2. The third kappa shape index (κ3) is 5.96. The number of aliphatic imine (C=N–C) groups is 1. The van der Waals surface area contributed by atoms with E-state index >= 15 is 0 Å². The summed E-state index contributed by atoms with van der Waals surface area (Å²) < 4.78 is 10.7. The summed E-state index contributed by atoms with van der Waals surface area (Å²) in [6.45, 7) is 3.95. The van der Waals surface area contributed by atoms with Crippen molar-refractivity contribution >= 4 is 29.9 Å². The van der Waals surface area contributed by atoms with E-state index in [-0.39, 0.29) is 24.0 Å². The molecule has 0 bridgehead atoms. The third-order valence-corrected chi connectivity index (χ3v) is 2.86. The Kier molecular flexibility index (Phi) is 8.36. The van der Waals surface area contributed by atoms with E-state index in [9.17, 15) is 0 Å². The van der Waals surface area contributed by atoms with Crippen LogP contribution in [-0.4, -0.2) is 39.3 Å². The van der Waals surface area contributed by atoms with Crippen LogP contribution in [0.4, 0.5) is 0 Å². The molecule has 0 saturated heterocycles. The van der Waals surface area contributed by atoms with E-state index in [1.54, 1.807) is 7.11 Å². The molecule has 0 atom stereocenters. The van der Waals surface area contributed by atoms with Crippen LogP contribution in [0.2, 0.25) is 0 Å². The van der Waals surface area contributed by atoms with Gasteiger partial charge in [0.1, 0.15) is 5.75 Å². The van der Waals surface area contributed by atoms with Gasteiger partial charge >= 0.3 is 0 Å². The zero-order valence-corrected chi connectivity index (χ0v) is 14.1. The van der Waals surface area contributed by atoms with Crippen LogP contribution in [0, 0.1) is 0 Å². The zero-order valence-electron chi connectivity index (χ0n) is 11.7. The van der Waals surface area contributed by atoms with Gasteiger partial charge in [-0.3, -0.25) is 4.99 Å². The average molecular weight is 391 g/mol. The largest absolute Gasteiger partial charge is 0.497 e. The lowest BCUT2D eigenvalue weighted by atomic mass is 10.2. The Bertz CT molecular complexity index is 409. The van der Waals surface area contributed by atoms with Crippen molar-refractivity contribution in [1.29, 1.82) is 0 Å². The number of methoxy groups -OCH3 is 1. The van der Waals surface area contributed by atoms with Crippen molar-refractivity contribution in [2.24, 2.45) is 4.99 Å². The summed E-state index contributed by atoms with van der Waals surface area (Å²) in [6.07, 6.45) is 1.11. The second-order valence-corrected chi connectivity index (χ2v) is 4.34. The van der Waals surface area contributed by atoms with Gasteiger partial charge in [0, 0.05) is 19.6 Å². The maximum atomic E-state index is 5.60. The zero-order chi connectivity index (χ0) is 13.3. The van der Waals surface area contributed by atoms with Crippen LogP contribution >= 0.6 is 24.0 Å². The monoisotopic (exact) mass is 391 g/mol. The molecule has 0 fully saturated rings. The number of nitrogens with one attached hydrogen (secondary N) is 2. The Morgan fingerprint density at radius 3 is 2.75 bits per heavy atom. The van der Waals surface area contributed by atoms with Crippen LogP contribution in [0.5, 0.6) is 5.75 Å². The van der Waals surface area contributed by atoms with Crippen LogP contribution < -0.4 is 15.4 Å². The minimum absolute atomic E-state index is 0. The minimum atomic E-state index is 0. The molecule has 0 saturated carbocycles. The van der Waals surface area contributed by atoms with Crippen molar-refractivity contribution in [2.75, 3.05) is 33.4 Å². The van der Waals surface area contributed by atoms with Gasteiger partial charge < -0.3 is 20.1 Å². The first-order chi connectivity index (χ1) is 9.38. The molecule has 112 valence electrons. The van der Waals surface area contributed by atoms with E-state index in [0.717, 1.165) is 43.3 Å². The van der Waals surface area contributed by atoms with E-state index in [4.69, 9.17) is 9.47 Å². The smallest absolute Gasteiger partial charge is 0.191 e. The minimum Gasteiger partial charge on any atom is -0.497 e. The van der Waals surface area contributed by atoms with Crippen molar-refractivity contribution in [3.05, 3.63) is 29.8 Å². The molecule has 5 nitrogen and oxygen atoms in total. The predicted octanol–water partition coefficient (Wildman–Crippen LogP) is 1.77. The van der Waals surface area contributed by atoms with Gasteiger partial charge in [0.15, 0.2) is 5.96 Å². The van der Waals surface area contributed by atoms with Gasteiger partial charge in [-0.2, -0.15) is 0 Å². The first-order valence-corrected chi connectivity index (χ1v) is 6.61. The van der Waals surface area contributed by atoms with E-state index < -0.39 is 0 Å². The van der Waals surface area contributed by atoms with Crippen molar-refractivity contribution in [3.8, 4) is 5.75 Å². The topological polar surface area (TPSA) is 54.9 Å². The highest BCUT2D eigenvalue weighted by molar-refractivity contribution is 14.0. The molecule has 20 heavy (non-hydrogen) atoms. The summed E-state index contributed by atoms with van der Waals surface area (Å²) in [6, 6.07) is 7.91. The number of hydrogen-bond acceptors (Lipinski definition) is 5. The highest BCUT2D eigenvalue weighted by Crippen LogP contribution is 2.11. The van der Waals surface area contributed by atoms with E-state index in [1.807, 2.05) is 24.3 Å². The standard InChI is InChI=1S/C14H21N3O2.HI/c1-18-13-5-3-12(4-6-13)11-19-10-9-17-14-15-7-2-8-16-14;/h3-6H,2,7-11H2,1H3,(H2,15,16,17);1H. The fourth-order valence-electron chi connectivity index (χ4n) is 1.80. The number of ether oxygens (including phenoxy) is 2. The van der Waals surface area contributed by atoms with Crippen molar-refractivity contribution in [1.82, 2.24) is 10.6 Å². The second kappa shape index (κ2) is 9.82. The molecule has 2 rings (SSSR count). The van der Waals surface area contributed by atoms with Gasteiger partial charge in [0.05, 0.1) is 20.3 Å². The Balaban J connectivity index is 0.00000200. The Hall–Kier alpha value is -1.02. The molecule has 2 N–H and O–H groups in total. The lowest BCUT2D eigenvalue weighted by molar-refractivity contribution is 0.125. The van der Waals surface area contributed by atoms with Gasteiger partial charge in [0.2, 0.25) is 0 Å². The van der Waals surface area contributed by atoms with E-state index in [0.29, 0.717) is 13.2 Å². The molecule has 1 heterocycles. The molecule has 1 aliphatic rings. The Morgan fingerprint density at radius 2 is 2.10 bits per heavy atom. The fraction of sp³-hybridized carbons (Fsp3) is 0.500. The van der Waals surface area contributed by atoms with Gasteiger partial charge in [-0.15, -0.1) is 24.0 Å². The molecule has 6 heteroatoms. The number of rotatable bonds is 6. The summed E-state index contributed by atoms with van der Waals surface area (Å²) in [7, 11) is 1.67. The molecule has 0 radical (unpaired) electrons. The van der Waals surface area contributed by atoms with Crippen LogP contribution in [0.15, 0.2) is 29.3 Å². The van der Waals surface area contributed by atoms with Crippen molar-refractivity contribution < 1.29 is 9.47 Å². The number of guanidine groups is 1. The molecule has 1 aromatic carbocycles. The number of benzene rings is 1. The fourth-order valence-corrected chi connectivity index (χ4v) is 1.80. The Morgan fingerprint density at radius 1 is 1.30 bits per heavy atom. The normalized spacial score (nSPS) is 13.8. The van der Waals surface area contributed by atoms with Gasteiger partial charge in [-0.1, -0.05) is 12.1 Å². The lowest BCUT2D eigenvalue weighted by Crippen LogP contribution is -2.41. The second-order valence-electron chi connectivity index (χ2n) is 4.34. The predicted molar refractivity (Wildman–Crippen MR) is 91.0 cm³/mol. The highest BCUT2D eigenvalue weighted by atomic mass is 127. The summed E-state index contributed by atoms with van der Waals surface area (Å²) in [5.41, 5.74) is 1.15. The quantitative estimate of drug-likeness (QED) is 0.574. The van der Waals surface area contributed by atoms with E-state index in [2.05, 4.69) is 15.6 Å². The third-order valence-electron chi connectivity index (χ3n) is 2.86. The molecule has 1 aromatic rings. The molecule has 1 aliphatic heterocycles. The maximum absolute atomic E-state index is 5.60. The summed E-state index contributed by atoms with van der Waals surface area (Å²) in [5.74, 6) is 1.76. The van der Waals surface area contributed by atoms with Crippen LogP contribution in [0.3, 0.4) is 0 Å². The summed E-state index contributed by atoms with van der Waals surface area (Å²) >= 11 is 0. The van der Waals surface area contributed by atoms with Crippen LogP contribution in [0.25, 0.3) is 0 Å². The first-order valence-electron chi connectivity index (χ1n) is 6.61. The lowest BCUT2D eigenvalue weighted by Gasteiger charge is -2.15. The Labute approximate surface area is 137 Å². The van der Waals surface area contributed by atoms with Crippen molar-refractivity contribution in [2.45, 2.75) is 13.0 Å². The highest BCUT2D eigenvalue weighted by Gasteiger charge is 2.02. The summed E-state index contributed by atoms with van der Waals surface area (Å²) in [5, 5.41) is 6.43. The molecule has 0 unspecified atom stereocenters. The molecular weight excluding hydrogens is 369 g/mol. The molecule has 0 aromatic heterocycles. The van der Waals surface area contributed by atoms with Gasteiger partial charge in [0.25, 0.3) is 0 Å². The maximum Gasteiger partial charge on any atom is 0.191 e. The van der Waals surface area contributed by atoms with Crippen LogP contribution in [-0.2, 0) is 11.3 Å². The van der Waals surface area contributed by atoms with Gasteiger partial charge in [-0.25, -0.2) is 0 Å². The SMILES string of the molecule is COc1ccc(COCCNC2=NCCCN2)cc1.I. The first kappa shape index (κ1) is 17.0. The molecule has 0 spiro atoms. The number of nitrogens with zero attached hydrogens (tertiary/aromatic N) is 1. The van der Waals surface area contributed by atoms with Gasteiger partial charge in [-0.05, 0) is 24.1 Å².